The van der Waals surface area contributed by atoms with Gasteiger partial charge < -0.3 is 20.0 Å². The number of carbonyl (C=O) groups excluding carboxylic acids is 1. The van der Waals surface area contributed by atoms with Gasteiger partial charge in [-0.2, -0.15) is 0 Å². The van der Waals surface area contributed by atoms with Crippen LogP contribution in [0, 0.1) is 11.8 Å². The summed E-state index contributed by atoms with van der Waals surface area (Å²) < 4.78 is 0. The molecule has 3 fully saturated rings. The van der Waals surface area contributed by atoms with Gasteiger partial charge in [-0.3, -0.25) is 4.79 Å². The lowest BCUT2D eigenvalue weighted by Gasteiger charge is -2.36. The van der Waals surface area contributed by atoms with Gasteiger partial charge in [0.1, 0.15) is 5.60 Å². The molecule has 2 heterocycles. The first-order chi connectivity index (χ1) is 13.1. The van der Waals surface area contributed by atoms with E-state index in [0.717, 1.165) is 63.7 Å². The first kappa shape index (κ1) is 18.9. The molecule has 4 rings (SSSR count). The second kappa shape index (κ2) is 7.90. The van der Waals surface area contributed by atoms with Crippen LogP contribution in [0.4, 0.5) is 0 Å². The number of nitrogens with zero attached hydrogens (tertiary/aromatic N) is 2. The Balaban J connectivity index is 1.53. The molecule has 0 aromatic heterocycles. The third-order valence-electron chi connectivity index (χ3n) is 6.87. The molecular formula is C22H32N2O3. The van der Waals surface area contributed by atoms with Gasteiger partial charge in [-0.1, -0.05) is 43.2 Å². The number of rotatable bonds is 4. The summed E-state index contributed by atoms with van der Waals surface area (Å²) in [5.74, 6) is 0.382. The van der Waals surface area contributed by atoms with Crippen molar-refractivity contribution in [3.63, 3.8) is 0 Å². The normalized spacial score (nSPS) is 30.9. The molecule has 0 unspecified atom stereocenters. The number of β-amino-alcohol motifs (C(OH)–C–C–N with tert-alkyl or cyclic N) is 1. The molecule has 148 valence electrons. The minimum atomic E-state index is -0.994. The summed E-state index contributed by atoms with van der Waals surface area (Å²) in [6.45, 7) is 3.51. The van der Waals surface area contributed by atoms with Gasteiger partial charge >= 0.3 is 0 Å². The number of likely N-dealkylation sites (tertiary alicyclic amines) is 2. The van der Waals surface area contributed by atoms with Crippen LogP contribution in [0.2, 0.25) is 0 Å². The fourth-order valence-electron chi connectivity index (χ4n) is 5.18. The molecule has 2 aliphatic heterocycles. The highest BCUT2D eigenvalue weighted by atomic mass is 16.3. The largest absolute Gasteiger partial charge is 0.393 e. The lowest BCUT2D eigenvalue weighted by atomic mass is 9.83. The molecule has 5 nitrogen and oxygen atoms in total. The third kappa shape index (κ3) is 3.91. The number of aliphatic hydroxyl groups is 2. The molecule has 0 spiro atoms. The van der Waals surface area contributed by atoms with Crippen molar-refractivity contribution in [1.82, 2.24) is 9.80 Å². The van der Waals surface area contributed by atoms with Crippen LogP contribution in [0.5, 0.6) is 0 Å². The zero-order valence-corrected chi connectivity index (χ0v) is 16.1. The van der Waals surface area contributed by atoms with Gasteiger partial charge in [0.25, 0.3) is 0 Å². The lowest BCUT2D eigenvalue weighted by molar-refractivity contribution is -0.135. The Kier molecular flexibility index (Phi) is 5.53. The van der Waals surface area contributed by atoms with Gasteiger partial charge in [0, 0.05) is 38.0 Å². The Bertz CT molecular complexity index is 638. The molecule has 0 bridgehead atoms. The minimum Gasteiger partial charge on any atom is -0.393 e. The predicted molar refractivity (Wildman–Crippen MR) is 104 cm³/mol. The summed E-state index contributed by atoms with van der Waals surface area (Å²) in [5, 5.41) is 21.5. The molecule has 1 aromatic carbocycles. The second-order valence-corrected chi connectivity index (χ2v) is 8.72. The van der Waals surface area contributed by atoms with Crippen LogP contribution in [-0.2, 0) is 10.4 Å². The Morgan fingerprint density at radius 2 is 1.74 bits per heavy atom. The summed E-state index contributed by atoms with van der Waals surface area (Å²) >= 11 is 0. The quantitative estimate of drug-likeness (QED) is 0.848. The lowest BCUT2D eigenvalue weighted by Crippen LogP contribution is -2.45. The summed E-state index contributed by atoms with van der Waals surface area (Å²) in [7, 11) is 0. The maximum absolute atomic E-state index is 13.0. The number of aliphatic hydroxyl groups excluding tert-OH is 1. The molecule has 1 aliphatic carbocycles. The average Bonchev–Trinajstić information content (AvgIpc) is 3.33. The van der Waals surface area contributed by atoms with Crippen LogP contribution in [0.3, 0.4) is 0 Å². The van der Waals surface area contributed by atoms with Crippen molar-refractivity contribution < 1.29 is 15.0 Å². The monoisotopic (exact) mass is 372 g/mol. The first-order valence-corrected chi connectivity index (χ1v) is 10.5. The van der Waals surface area contributed by atoms with Gasteiger partial charge in [0.2, 0.25) is 5.91 Å². The highest BCUT2D eigenvalue weighted by Crippen LogP contribution is 2.39. The molecule has 3 aliphatic rings. The van der Waals surface area contributed by atoms with E-state index in [-0.39, 0.29) is 23.8 Å². The molecule has 2 N–H and O–H groups in total. The van der Waals surface area contributed by atoms with E-state index in [4.69, 9.17) is 0 Å². The molecule has 5 heteroatoms. The maximum atomic E-state index is 13.0. The number of benzene rings is 1. The molecular weight excluding hydrogens is 340 g/mol. The molecule has 0 radical (unpaired) electrons. The van der Waals surface area contributed by atoms with Gasteiger partial charge in [0.15, 0.2) is 0 Å². The van der Waals surface area contributed by atoms with Gasteiger partial charge in [-0.15, -0.1) is 0 Å². The smallest absolute Gasteiger partial charge is 0.225 e. The molecule has 2 atom stereocenters. The van der Waals surface area contributed by atoms with Gasteiger partial charge in [-0.05, 0) is 31.2 Å². The van der Waals surface area contributed by atoms with E-state index in [1.807, 2.05) is 35.2 Å². The average molecular weight is 373 g/mol. The predicted octanol–water partition coefficient (Wildman–Crippen LogP) is 1.98. The summed E-state index contributed by atoms with van der Waals surface area (Å²) in [4.78, 5) is 17.3. The number of hydrogen-bond acceptors (Lipinski definition) is 4. The summed E-state index contributed by atoms with van der Waals surface area (Å²) in [5.41, 5.74) is -0.0836. The number of piperidine rings is 1. The zero-order valence-electron chi connectivity index (χ0n) is 16.1. The van der Waals surface area contributed by atoms with Crippen molar-refractivity contribution in [1.29, 1.82) is 0 Å². The third-order valence-corrected chi connectivity index (χ3v) is 6.87. The molecule has 1 saturated carbocycles. The number of amides is 1. The Hall–Kier alpha value is -1.43. The van der Waals surface area contributed by atoms with Crippen LogP contribution in [0.25, 0.3) is 0 Å². The van der Waals surface area contributed by atoms with E-state index in [1.165, 1.54) is 0 Å². The fourth-order valence-corrected chi connectivity index (χ4v) is 5.18. The van der Waals surface area contributed by atoms with Crippen LogP contribution >= 0.6 is 0 Å². The van der Waals surface area contributed by atoms with Crippen molar-refractivity contribution in [3.05, 3.63) is 35.9 Å². The second-order valence-electron chi connectivity index (χ2n) is 8.72. The highest BCUT2D eigenvalue weighted by molar-refractivity contribution is 5.79. The van der Waals surface area contributed by atoms with Crippen molar-refractivity contribution in [2.45, 2.75) is 50.2 Å². The zero-order chi connectivity index (χ0) is 18.9. The number of carbonyl (C=O) groups is 1. The van der Waals surface area contributed by atoms with Crippen molar-refractivity contribution in [3.8, 4) is 0 Å². The topological polar surface area (TPSA) is 64.0 Å². The van der Waals surface area contributed by atoms with E-state index in [9.17, 15) is 15.0 Å². The van der Waals surface area contributed by atoms with Crippen LogP contribution in [0.15, 0.2) is 30.3 Å². The minimum absolute atomic E-state index is 0.000459. The van der Waals surface area contributed by atoms with Gasteiger partial charge in [-0.25, -0.2) is 0 Å². The SMILES string of the molecule is O=C(C1CCCC1)N1C[C@H](CN2CCC(O)CC2)[C@@](O)(c2ccccc2)C1. The molecule has 27 heavy (non-hydrogen) atoms. The maximum Gasteiger partial charge on any atom is 0.225 e. The summed E-state index contributed by atoms with van der Waals surface area (Å²) in [6, 6.07) is 9.85. The van der Waals surface area contributed by atoms with E-state index in [1.54, 1.807) is 0 Å². The fraction of sp³-hybridized carbons (Fsp3) is 0.682. The van der Waals surface area contributed by atoms with E-state index in [0.29, 0.717) is 13.1 Å². The first-order valence-electron chi connectivity index (χ1n) is 10.5. The highest BCUT2D eigenvalue weighted by Gasteiger charge is 2.49. The molecule has 1 amide bonds. The van der Waals surface area contributed by atoms with Crippen molar-refractivity contribution in [2.75, 3.05) is 32.7 Å². The standard InChI is InChI=1S/C22H32N2O3/c25-20-10-12-23(13-11-20)14-19-15-24(21(26)17-6-4-5-7-17)16-22(19,27)18-8-2-1-3-9-18/h1-3,8-9,17,19-20,25,27H,4-7,10-16H2/t19-,22-/m0/s1. The van der Waals surface area contributed by atoms with E-state index in [2.05, 4.69) is 4.90 Å². The van der Waals surface area contributed by atoms with Crippen LogP contribution < -0.4 is 0 Å². The van der Waals surface area contributed by atoms with E-state index >= 15 is 0 Å². The van der Waals surface area contributed by atoms with Crippen molar-refractivity contribution >= 4 is 5.91 Å². The summed E-state index contributed by atoms with van der Waals surface area (Å²) in [6.07, 6.45) is 5.67. The molecule has 1 aromatic rings. The van der Waals surface area contributed by atoms with Crippen molar-refractivity contribution in [2.24, 2.45) is 11.8 Å². The Labute approximate surface area is 162 Å². The number of hydrogen-bond donors (Lipinski definition) is 2. The Morgan fingerprint density at radius 1 is 1.07 bits per heavy atom. The van der Waals surface area contributed by atoms with Gasteiger partial charge in [0.05, 0.1) is 12.6 Å². The van der Waals surface area contributed by atoms with Crippen LogP contribution in [-0.4, -0.2) is 64.7 Å². The molecule has 2 saturated heterocycles. The van der Waals surface area contributed by atoms with E-state index < -0.39 is 5.60 Å². The van der Waals surface area contributed by atoms with Crippen LogP contribution in [0.1, 0.15) is 44.1 Å². The Morgan fingerprint density at radius 3 is 2.41 bits per heavy atom.